The quantitative estimate of drug-likeness (QED) is 0.371. The van der Waals surface area contributed by atoms with E-state index in [1.807, 2.05) is 10.8 Å². The molecule has 0 aromatic carbocycles. The topological polar surface area (TPSA) is 64.6 Å². The molecule has 0 fully saturated rings. The summed E-state index contributed by atoms with van der Waals surface area (Å²) in [7, 11) is 0. The van der Waals surface area contributed by atoms with E-state index in [1.54, 1.807) is 13.8 Å². The molecule has 1 N–H and O–H groups in total. The Balaban J connectivity index is 2.86. The van der Waals surface area contributed by atoms with Gasteiger partial charge in [0.1, 0.15) is 0 Å². The molecule has 0 radical (unpaired) electrons. The van der Waals surface area contributed by atoms with Gasteiger partial charge in [-0.3, -0.25) is 0 Å². The van der Waals surface area contributed by atoms with Gasteiger partial charge in [0.15, 0.2) is 5.57 Å². The van der Waals surface area contributed by atoms with Crippen molar-refractivity contribution in [3.8, 4) is 0 Å². The number of rotatable bonds is 6. The minimum atomic E-state index is -0.709. The second-order valence-corrected chi connectivity index (χ2v) is 4.87. The van der Waals surface area contributed by atoms with Crippen molar-refractivity contribution in [3.05, 3.63) is 27.0 Å². The number of ether oxygens (including phenoxy) is 2. The number of anilines is 1. The Hall–Kier alpha value is -1.34. The number of esters is 2. The van der Waals surface area contributed by atoms with Gasteiger partial charge in [-0.2, -0.15) is 0 Å². The summed E-state index contributed by atoms with van der Waals surface area (Å²) in [4.78, 5) is 23.3. The van der Waals surface area contributed by atoms with Crippen molar-refractivity contribution in [1.82, 2.24) is 0 Å². The van der Waals surface area contributed by atoms with Gasteiger partial charge >= 0.3 is 11.9 Å². The van der Waals surface area contributed by atoms with Gasteiger partial charge in [0.25, 0.3) is 0 Å². The van der Waals surface area contributed by atoms with Crippen LogP contribution in [0.2, 0.25) is 0 Å². The number of hydrogen-bond donors (Lipinski definition) is 1. The van der Waals surface area contributed by atoms with Gasteiger partial charge in [0.2, 0.25) is 0 Å². The van der Waals surface area contributed by atoms with E-state index >= 15 is 0 Å². The molecule has 0 aliphatic rings. The van der Waals surface area contributed by atoms with Crippen LogP contribution in [0.1, 0.15) is 13.8 Å². The highest BCUT2D eigenvalue weighted by atomic mass is 79.9. The highest BCUT2D eigenvalue weighted by Crippen LogP contribution is 2.26. The predicted molar refractivity (Wildman–Crippen MR) is 77.0 cm³/mol. The molecule has 0 bridgehead atoms. The van der Waals surface area contributed by atoms with Crippen LogP contribution in [0, 0.1) is 0 Å². The molecule has 7 heteroatoms. The van der Waals surface area contributed by atoms with Crippen molar-refractivity contribution >= 4 is 44.9 Å². The SMILES string of the molecule is CCOC(=O)C(=CNc1cscc1Br)C(=O)OCC. The van der Waals surface area contributed by atoms with E-state index in [2.05, 4.69) is 21.2 Å². The minimum absolute atomic E-state index is 0.165. The van der Waals surface area contributed by atoms with Crippen LogP contribution in [0.15, 0.2) is 27.0 Å². The van der Waals surface area contributed by atoms with Crippen LogP contribution in [0.25, 0.3) is 0 Å². The molecule has 1 rings (SSSR count). The minimum Gasteiger partial charge on any atom is -0.462 e. The Morgan fingerprint density at radius 2 is 1.84 bits per heavy atom. The van der Waals surface area contributed by atoms with Crippen LogP contribution in [0.4, 0.5) is 5.69 Å². The molecular formula is C12H14BrNO4S. The lowest BCUT2D eigenvalue weighted by atomic mass is 10.3. The summed E-state index contributed by atoms with van der Waals surface area (Å²) >= 11 is 4.82. The Bertz CT molecular complexity index is 464. The highest BCUT2D eigenvalue weighted by molar-refractivity contribution is 9.10. The first kappa shape index (κ1) is 15.7. The zero-order valence-corrected chi connectivity index (χ0v) is 13.0. The summed E-state index contributed by atoms with van der Waals surface area (Å²) in [6, 6.07) is 0. The predicted octanol–water partition coefficient (Wildman–Crippen LogP) is 2.93. The molecule has 0 unspecified atom stereocenters. The summed E-state index contributed by atoms with van der Waals surface area (Å²) in [5, 5.41) is 6.59. The highest BCUT2D eigenvalue weighted by Gasteiger charge is 2.21. The summed E-state index contributed by atoms with van der Waals surface area (Å²) in [6.45, 7) is 3.72. The van der Waals surface area contributed by atoms with E-state index in [9.17, 15) is 9.59 Å². The maximum atomic E-state index is 11.7. The fraction of sp³-hybridized carbons (Fsp3) is 0.333. The second-order valence-electron chi connectivity index (χ2n) is 3.28. The third kappa shape index (κ3) is 4.68. The van der Waals surface area contributed by atoms with Gasteiger partial charge in [0, 0.05) is 17.0 Å². The van der Waals surface area contributed by atoms with Crippen molar-refractivity contribution in [2.75, 3.05) is 18.5 Å². The molecular weight excluding hydrogens is 334 g/mol. The zero-order chi connectivity index (χ0) is 14.3. The molecule has 104 valence electrons. The first-order chi connectivity index (χ1) is 9.10. The van der Waals surface area contributed by atoms with Crippen molar-refractivity contribution < 1.29 is 19.1 Å². The Kier molecular flexibility index (Phi) is 6.58. The average Bonchev–Trinajstić information content (AvgIpc) is 2.76. The fourth-order valence-corrected chi connectivity index (χ4v) is 2.50. The first-order valence-electron chi connectivity index (χ1n) is 5.62. The Morgan fingerprint density at radius 1 is 1.26 bits per heavy atom. The lowest BCUT2D eigenvalue weighted by Crippen LogP contribution is -2.19. The number of carbonyl (C=O) groups excluding carboxylic acids is 2. The monoisotopic (exact) mass is 347 g/mol. The van der Waals surface area contributed by atoms with Crippen molar-refractivity contribution in [2.45, 2.75) is 13.8 Å². The normalized spacial score (nSPS) is 9.63. The van der Waals surface area contributed by atoms with Crippen molar-refractivity contribution in [3.63, 3.8) is 0 Å². The molecule has 0 spiro atoms. The second kappa shape index (κ2) is 7.96. The molecule has 0 saturated carbocycles. The standard InChI is InChI=1S/C12H14BrNO4S/c1-3-17-11(15)8(12(16)18-4-2)5-14-10-7-19-6-9(10)13/h5-7,14H,3-4H2,1-2H3. The molecule has 5 nitrogen and oxygen atoms in total. The van der Waals surface area contributed by atoms with E-state index in [0.717, 1.165) is 10.2 Å². The number of nitrogens with one attached hydrogen (secondary N) is 1. The molecule has 0 aliphatic heterocycles. The third-order valence-electron chi connectivity index (χ3n) is 1.98. The molecule has 0 aliphatic carbocycles. The van der Waals surface area contributed by atoms with Crippen LogP contribution in [0.5, 0.6) is 0 Å². The average molecular weight is 348 g/mol. The summed E-state index contributed by atoms with van der Waals surface area (Å²) in [6.07, 6.45) is 1.29. The van der Waals surface area contributed by atoms with E-state index in [-0.39, 0.29) is 18.8 Å². The van der Waals surface area contributed by atoms with Gasteiger partial charge in [-0.15, -0.1) is 11.3 Å². The largest absolute Gasteiger partial charge is 0.462 e. The number of hydrogen-bond acceptors (Lipinski definition) is 6. The molecule has 1 aromatic rings. The summed E-state index contributed by atoms with van der Waals surface area (Å²) in [5.74, 6) is -1.42. The number of thiophene rings is 1. The van der Waals surface area contributed by atoms with Gasteiger partial charge in [-0.25, -0.2) is 9.59 Å². The van der Waals surface area contributed by atoms with Crippen molar-refractivity contribution in [1.29, 1.82) is 0 Å². The molecule has 1 aromatic heterocycles. The van der Waals surface area contributed by atoms with Crippen LogP contribution in [-0.2, 0) is 19.1 Å². The molecule has 0 saturated heterocycles. The van der Waals surface area contributed by atoms with Crippen LogP contribution in [-0.4, -0.2) is 25.2 Å². The number of carbonyl (C=O) groups is 2. The van der Waals surface area contributed by atoms with Gasteiger partial charge < -0.3 is 14.8 Å². The van der Waals surface area contributed by atoms with E-state index in [4.69, 9.17) is 9.47 Å². The maximum absolute atomic E-state index is 11.7. The van der Waals surface area contributed by atoms with Crippen molar-refractivity contribution in [2.24, 2.45) is 0 Å². The van der Waals surface area contributed by atoms with Gasteiger partial charge in [-0.1, -0.05) is 0 Å². The van der Waals surface area contributed by atoms with Crippen LogP contribution in [0.3, 0.4) is 0 Å². The van der Waals surface area contributed by atoms with Crippen LogP contribution >= 0.6 is 27.3 Å². The maximum Gasteiger partial charge on any atom is 0.347 e. The zero-order valence-electron chi connectivity index (χ0n) is 10.6. The first-order valence-corrected chi connectivity index (χ1v) is 7.36. The fourth-order valence-electron chi connectivity index (χ4n) is 1.15. The Labute approximate surface area is 123 Å². The van der Waals surface area contributed by atoms with Gasteiger partial charge in [0.05, 0.1) is 23.4 Å². The van der Waals surface area contributed by atoms with E-state index < -0.39 is 11.9 Å². The lowest BCUT2D eigenvalue weighted by Gasteiger charge is -2.07. The van der Waals surface area contributed by atoms with E-state index in [0.29, 0.717) is 0 Å². The molecule has 1 heterocycles. The van der Waals surface area contributed by atoms with Crippen LogP contribution < -0.4 is 5.32 Å². The molecule has 0 amide bonds. The third-order valence-corrected chi connectivity index (χ3v) is 3.68. The van der Waals surface area contributed by atoms with Gasteiger partial charge in [-0.05, 0) is 29.8 Å². The number of halogens is 1. The lowest BCUT2D eigenvalue weighted by molar-refractivity contribution is -0.146. The molecule has 0 atom stereocenters. The Morgan fingerprint density at radius 3 is 2.26 bits per heavy atom. The summed E-state index contributed by atoms with van der Waals surface area (Å²) in [5.41, 5.74) is 0.595. The molecule has 19 heavy (non-hydrogen) atoms. The smallest absolute Gasteiger partial charge is 0.347 e. The van der Waals surface area contributed by atoms with E-state index in [1.165, 1.54) is 17.5 Å². The summed E-state index contributed by atoms with van der Waals surface area (Å²) < 4.78 is 10.5.